The lowest BCUT2D eigenvalue weighted by Gasteiger charge is -2.36. The molecule has 1 aliphatic rings. The topological polar surface area (TPSA) is 22.4 Å². The molecule has 7 rings (SSSR count). The molecule has 0 aliphatic carbocycles. The molecule has 0 amide bonds. The van der Waals surface area contributed by atoms with Crippen molar-refractivity contribution in [1.29, 1.82) is 0 Å². The van der Waals surface area contributed by atoms with Crippen LogP contribution in [0.25, 0.3) is 39.1 Å². The standard InChI is InChI=1S/C33H22O2/c1-3-9-23(10-4-1)24-15-17-27(18-16-24)33(26-11-5-2-6-12-26)20-19-25-21-32-29(22-31(25)35-33)28-13-7-8-14-30(28)34-32/h1-22H. The van der Waals surface area contributed by atoms with Gasteiger partial charge in [0, 0.05) is 27.5 Å². The molecule has 0 fully saturated rings. The second-order valence-electron chi connectivity index (χ2n) is 8.96. The lowest BCUT2D eigenvalue weighted by molar-refractivity contribution is 0.161. The molecule has 0 bridgehead atoms. The molecule has 5 aromatic carbocycles. The summed E-state index contributed by atoms with van der Waals surface area (Å²) < 4.78 is 13.0. The molecule has 6 aromatic rings. The van der Waals surface area contributed by atoms with Gasteiger partial charge in [0.1, 0.15) is 16.9 Å². The zero-order valence-electron chi connectivity index (χ0n) is 19.0. The molecule has 1 aromatic heterocycles. The second kappa shape index (κ2) is 7.75. The van der Waals surface area contributed by atoms with E-state index in [0.29, 0.717) is 0 Å². The SMILES string of the molecule is C1=CC(c2ccccc2)(c2ccc(-c3ccccc3)cc2)Oc2cc3c(cc21)oc1ccccc13. The monoisotopic (exact) mass is 450 g/mol. The molecule has 1 aliphatic heterocycles. The Morgan fingerprint density at radius 3 is 1.97 bits per heavy atom. The summed E-state index contributed by atoms with van der Waals surface area (Å²) in [7, 11) is 0. The van der Waals surface area contributed by atoms with Gasteiger partial charge in [0.2, 0.25) is 0 Å². The minimum absolute atomic E-state index is 0.726. The zero-order valence-corrected chi connectivity index (χ0v) is 19.0. The molecule has 0 saturated heterocycles. The highest BCUT2D eigenvalue weighted by Gasteiger charge is 2.37. The van der Waals surface area contributed by atoms with Crippen molar-refractivity contribution in [3.63, 3.8) is 0 Å². The number of para-hydroxylation sites is 1. The van der Waals surface area contributed by atoms with E-state index in [0.717, 1.165) is 44.4 Å². The number of hydrogen-bond acceptors (Lipinski definition) is 2. The van der Waals surface area contributed by atoms with Crippen molar-refractivity contribution in [3.05, 3.63) is 144 Å². The third-order valence-corrected chi connectivity index (χ3v) is 6.90. The summed E-state index contributed by atoms with van der Waals surface area (Å²) in [6.45, 7) is 0. The van der Waals surface area contributed by atoms with Crippen LogP contribution in [0.1, 0.15) is 16.7 Å². The van der Waals surface area contributed by atoms with Gasteiger partial charge in [0.05, 0.1) is 0 Å². The Kier molecular flexibility index (Phi) is 4.40. The summed E-state index contributed by atoms with van der Waals surface area (Å²) in [5, 5.41) is 2.16. The van der Waals surface area contributed by atoms with Crippen LogP contribution in [0.3, 0.4) is 0 Å². The minimum Gasteiger partial charge on any atom is -0.473 e. The van der Waals surface area contributed by atoms with Crippen molar-refractivity contribution in [1.82, 2.24) is 0 Å². The van der Waals surface area contributed by atoms with Gasteiger partial charge in [-0.3, -0.25) is 0 Å². The first-order valence-electron chi connectivity index (χ1n) is 11.9. The second-order valence-corrected chi connectivity index (χ2v) is 8.96. The molecule has 2 nitrogen and oxygen atoms in total. The fourth-order valence-corrected chi connectivity index (χ4v) is 5.10. The van der Waals surface area contributed by atoms with E-state index in [2.05, 4.69) is 103 Å². The molecule has 0 N–H and O–H groups in total. The number of ether oxygens (including phenoxy) is 1. The first-order chi connectivity index (χ1) is 17.3. The van der Waals surface area contributed by atoms with E-state index in [1.54, 1.807) is 0 Å². The zero-order chi connectivity index (χ0) is 23.2. The van der Waals surface area contributed by atoms with Gasteiger partial charge in [-0.05, 0) is 35.4 Å². The third kappa shape index (κ3) is 3.18. The van der Waals surface area contributed by atoms with E-state index >= 15 is 0 Å². The van der Waals surface area contributed by atoms with Gasteiger partial charge in [-0.15, -0.1) is 0 Å². The number of benzene rings is 5. The molecule has 35 heavy (non-hydrogen) atoms. The molecule has 1 unspecified atom stereocenters. The highest BCUT2D eigenvalue weighted by Crippen LogP contribution is 2.44. The third-order valence-electron chi connectivity index (χ3n) is 6.90. The maximum absolute atomic E-state index is 6.94. The van der Waals surface area contributed by atoms with Gasteiger partial charge in [-0.2, -0.15) is 0 Å². The molecule has 166 valence electrons. The van der Waals surface area contributed by atoms with E-state index < -0.39 is 5.60 Å². The van der Waals surface area contributed by atoms with Crippen LogP contribution in [0.15, 0.2) is 132 Å². The smallest absolute Gasteiger partial charge is 0.178 e. The Labute approximate surface area is 203 Å². The van der Waals surface area contributed by atoms with Crippen LogP contribution in [0.5, 0.6) is 5.75 Å². The van der Waals surface area contributed by atoms with Gasteiger partial charge in [-0.25, -0.2) is 0 Å². The van der Waals surface area contributed by atoms with Crippen LogP contribution in [-0.4, -0.2) is 0 Å². The van der Waals surface area contributed by atoms with Crippen molar-refractivity contribution >= 4 is 28.0 Å². The van der Waals surface area contributed by atoms with Gasteiger partial charge < -0.3 is 9.15 Å². The molecule has 0 radical (unpaired) electrons. The number of fused-ring (bicyclic) bond motifs is 4. The summed E-state index contributed by atoms with van der Waals surface area (Å²) in [4.78, 5) is 0. The summed E-state index contributed by atoms with van der Waals surface area (Å²) >= 11 is 0. The average molecular weight is 451 g/mol. The van der Waals surface area contributed by atoms with Crippen molar-refractivity contribution in [2.45, 2.75) is 5.60 Å². The Balaban J connectivity index is 1.38. The van der Waals surface area contributed by atoms with E-state index in [-0.39, 0.29) is 0 Å². The van der Waals surface area contributed by atoms with Gasteiger partial charge >= 0.3 is 0 Å². The Bertz CT molecular complexity index is 1690. The van der Waals surface area contributed by atoms with Crippen LogP contribution in [0.4, 0.5) is 0 Å². The summed E-state index contributed by atoms with van der Waals surface area (Å²) in [6.07, 6.45) is 4.32. The Hall–Kier alpha value is -4.56. The van der Waals surface area contributed by atoms with Gasteiger partial charge in [-0.1, -0.05) is 109 Å². The van der Waals surface area contributed by atoms with Crippen LogP contribution in [-0.2, 0) is 5.60 Å². The maximum Gasteiger partial charge on any atom is 0.178 e. The predicted octanol–water partition coefficient (Wildman–Crippen LogP) is 8.60. The maximum atomic E-state index is 6.94. The molecular weight excluding hydrogens is 428 g/mol. The predicted molar refractivity (Wildman–Crippen MR) is 142 cm³/mol. The van der Waals surface area contributed by atoms with Crippen molar-refractivity contribution in [2.24, 2.45) is 0 Å². The van der Waals surface area contributed by atoms with E-state index in [4.69, 9.17) is 9.15 Å². The van der Waals surface area contributed by atoms with Crippen LogP contribution < -0.4 is 4.74 Å². The number of furan rings is 1. The lowest BCUT2D eigenvalue weighted by atomic mass is 9.83. The quantitative estimate of drug-likeness (QED) is 0.269. The van der Waals surface area contributed by atoms with Crippen molar-refractivity contribution in [3.8, 4) is 16.9 Å². The minimum atomic E-state index is -0.726. The van der Waals surface area contributed by atoms with E-state index in [1.807, 2.05) is 30.3 Å². The Morgan fingerprint density at radius 2 is 1.17 bits per heavy atom. The first-order valence-corrected chi connectivity index (χ1v) is 11.9. The van der Waals surface area contributed by atoms with E-state index in [9.17, 15) is 0 Å². The number of rotatable bonds is 3. The fourth-order valence-electron chi connectivity index (χ4n) is 5.10. The van der Waals surface area contributed by atoms with Crippen molar-refractivity contribution in [2.75, 3.05) is 0 Å². The summed E-state index contributed by atoms with van der Waals surface area (Å²) in [5.41, 5.74) is 6.61. The summed E-state index contributed by atoms with van der Waals surface area (Å²) in [5.74, 6) is 0.850. The largest absolute Gasteiger partial charge is 0.473 e. The first kappa shape index (κ1) is 19.9. The number of hydrogen-bond donors (Lipinski definition) is 0. The van der Waals surface area contributed by atoms with E-state index in [1.165, 1.54) is 11.1 Å². The van der Waals surface area contributed by atoms with Crippen LogP contribution in [0.2, 0.25) is 0 Å². The van der Waals surface area contributed by atoms with Crippen molar-refractivity contribution < 1.29 is 9.15 Å². The molecule has 0 spiro atoms. The van der Waals surface area contributed by atoms with Crippen LogP contribution in [0, 0.1) is 0 Å². The molecule has 0 saturated carbocycles. The summed E-state index contributed by atoms with van der Waals surface area (Å²) in [6, 6.07) is 41.9. The highest BCUT2D eigenvalue weighted by molar-refractivity contribution is 6.06. The normalized spacial score (nSPS) is 16.8. The average Bonchev–Trinajstić information content (AvgIpc) is 3.30. The highest BCUT2D eigenvalue weighted by atomic mass is 16.5. The molecular formula is C33H22O2. The molecule has 2 heterocycles. The molecule has 2 heteroatoms. The lowest BCUT2D eigenvalue weighted by Crippen LogP contribution is -2.34. The molecule has 1 atom stereocenters. The Morgan fingerprint density at radius 1 is 0.514 bits per heavy atom. The van der Waals surface area contributed by atoms with Gasteiger partial charge in [0.25, 0.3) is 0 Å². The van der Waals surface area contributed by atoms with Gasteiger partial charge in [0.15, 0.2) is 5.60 Å². The fraction of sp³-hybridized carbons (Fsp3) is 0.0303. The van der Waals surface area contributed by atoms with Crippen LogP contribution >= 0.6 is 0 Å².